The number of esters is 1. The normalized spacial score (nSPS) is 9.56. The number of aliphatic carboxylic acids is 1. The van der Waals surface area contributed by atoms with Crippen LogP contribution in [-0.4, -0.2) is 26.9 Å². The van der Waals surface area contributed by atoms with Crippen LogP contribution in [-0.2, 0) is 9.59 Å². The van der Waals surface area contributed by atoms with Gasteiger partial charge in [-0.2, -0.15) is 0 Å². The maximum Gasteiger partial charge on any atom is 0.422 e. The predicted molar refractivity (Wildman–Crippen MR) is 53.0 cm³/mol. The molecule has 10 nitrogen and oxygen atoms in total. The third-order valence-electron chi connectivity index (χ3n) is 1.73. The summed E-state index contributed by atoms with van der Waals surface area (Å²) in [6, 6.07) is 2.18. The second-order valence-corrected chi connectivity index (χ2v) is 2.86. The van der Waals surface area contributed by atoms with Crippen LogP contribution in [0.1, 0.15) is 0 Å². The minimum Gasteiger partial charge on any atom is -0.473 e. The Labute approximate surface area is 97.7 Å². The van der Waals surface area contributed by atoms with Crippen molar-refractivity contribution in [1.82, 2.24) is 0 Å². The summed E-state index contributed by atoms with van der Waals surface area (Å²) in [6.45, 7) is 0. The van der Waals surface area contributed by atoms with E-state index in [-0.39, 0.29) is 0 Å². The molecule has 0 bridgehead atoms. The summed E-state index contributed by atoms with van der Waals surface area (Å²) in [7, 11) is 0. The standard InChI is InChI=1S/C8H4N2O8/c11-7(12)8(13)18-6-2-1-4(9(14)15)3-5(6)10(16)17/h1-3H,(H,11,12). The lowest BCUT2D eigenvalue weighted by atomic mass is 10.2. The van der Waals surface area contributed by atoms with Gasteiger partial charge in [0.15, 0.2) is 0 Å². The summed E-state index contributed by atoms with van der Waals surface area (Å²) in [5, 5.41) is 29.3. The highest BCUT2D eigenvalue weighted by Gasteiger charge is 2.24. The number of nitrogens with zero attached hydrogens (tertiary/aromatic N) is 2. The van der Waals surface area contributed by atoms with Crippen LogP contribution in [0.25, 0.3) is 0 Å². The van der Waals surface area contributed by atoms with Crippen molar-refractivity contribution in [3.8, 4) is 5.75 Å². The number of carboxylic acid groups (broad SMARTS) is 1. The lowest BCUT2D eigenvalue weighted by molar-refractivity contribution is -0.394. The number of hydrogen-bond donors (Lipinski definition) is 1. The van der Waals surface area contributed by atoms with Gasteiger partial charge in [0.1, 0.15) is 0 Å². The Balaban J connectivity index is 3.20. The highest BCUT2D eigenvalue weighted by molar-refractivity contribution is 6.29. The van der Waals surface area contributed by atoms with E-state index in [1.807, 2.05) is 0 Å². The molecule has 0 saturated carbocycles. The van der Waals surface area contributed by atoms with E-state index in [1.54, 1.807) is 0 Å². The Morgan fingerprint density at radius 2 is 1.78 bits per heavy atom. The molecule has 0 aliphatic rings. The van der Waals surface area contributed by atoms with E-state index in [4.69, 9.17) is 5.11 Å². The monoisotopic (exact) mass is 256 g/mol. The minimum atomic E-state index is -1.94. The lowest BCUT2D eigenvalue weighted by Gasteiger charge is -2.01. The van der Waals surface area contributed by atoms with Crippen LogP contribution in [0.2, 0.25) is 0 Å². The topological polar surface area (TPSA) is 150 Å². The average Bonchev–Trinajstić information content (AvgIpc) is 2.28. The summed E-state index contributed by atoms with van der Waals surface area (Å²) in [6.07, 6.45) is 0. The van der Waals surface area contributed by atoms with Gasteiger partial charge in [0.05, 0.1) is 15.9 Å². The number of nitro benzene ring substituents is 2. The van der Waals surface area contributed by atoms with Gasteiger partial charge in [0.25, 0.3) is 5.69 Å². The fraction of sp³-hybridized carbons (Fsp3) is 0. The van der Waals surface area contributed by atoms with E-state index in [2.05, 4.69) is 4.74 Å². The molecule has 0 aliphatic carbocycles. The number of carbonyl (C=O) groups is 2. The van der Waals surface area contributed by atoms with Crippen LogP contribution in [0.5, 0.6) is 5.75 Å². The van der Waals surface area contributed by atoms with Crippen molar-refractivity contribution < 1.29 is 29.3 Å². The van der Waals surface area contributed by atoms with Gasteiger partial charge in [0.2, 0.25) is 5.75 Å². The van der Waals surface area contributed by atoms with Crippen molar-refractivity contribution in [2.75, 3.05) is 0 Å². The van der Waals surface area contributed by atoms with Crippen molar-refractivity contribution >= 4 is 23.3 Å². The van der Waals surface area contributed by atoms with Gasteiger partial charge < -0.3 is 9.84 Å². The Morgan fingerprint density at radius 3 is 2.22 bits per heavy atom. The van der Waals surface area contributed by atoms with Crippen molar-refractivity contribution in [3.05, 3.63) is 38.4 Å². The Hall–Kier alpha value is -3.04. The quantitative estimate of drug-likeness (QED) is 0.270. The number of carboxylic acids is 1. The first-order chi connectivity index (χ1) is 8.32. The van der Waals surface area contributed by atoms with E-state index in [1.165, 1.54) is 0 Å². The van der Waals surface area contributed by atoms with E-state index >= 15 is 0 Å². The number of carbonyl (C=O) groups excluding carboxylic acids is 1. The summed E-state index contributed by atoms with van der Waals surface area (Å²) >= 11 is 0. The molecule has 0 heterocycles. The highest BCUT2D eigenvalue weighted by atomic mass is 16.6. The van der Waals surface area contributed by atoms with Gasteiger partial charge in [-0.25, -0.2) is 9.59 Å². The lowest BCUT2D eigenvalue weighted by Crippen LogP contribution is -2.19. The van der Waals surface area contributed by atoms with Gasteiger partial charge >= 0.3 is 17.6 Å². The molecular weight excluding hydrogens is 252 g/mol. The van der Waals surface area contributed by atoms with Crippen LogP contribution >= 0.6 is 0 Å². The third-order valence-corrected chi connectivity index (χ3v) is 1.73. The molecule has 18 heavy (non-hydrogen) atoms. The molecule has 0 atom stereocenters. The Bertz CT molecular complexity index is 552. The van der Waals surface area contributed by atoms with Crippen LogP contribution in [0, 0.1) is 20.2 Å². The zero-order chi connectivity index (χ0) is 13.9. The first-order valence-electron chi connectivity index (χ1n) is 4.21. The largest absolute Gasteiger partial charge is 0.473 e. The van der Waals surface area contributed by atoms with Crippen molar-refractivity contribution in [3.63, 3.8) is 0 Å². The van der Waals surface area contributed by atoms with E-state index in [0.29, 0.717) is 6.07 Å². The van der Waals surface area contributed by atoms with Crippen molar-refractivity contribution in [2.24, 2.45) is 0 Å². The Kier molecular flexibility index (Phi) is 3.52. The zero-order valence-corrected chi connectivity index (χ0v) is 8.43. The van der Waals surface area contributed by atoms with Gasteiger partial charge in [-0.3, -0.25) is 20.2 Å². The zero-order valence-electron chi connectivity index (χ0n) is 8.43. The third kappa shape index (κ3) is 2.75. The molecule has 10 heteroatoms. The summed E-state index contributed by atoms with van der Waals surface area (Å²) < 4.78 is 4.20. The molecular formula is C8H4N2O8. The molecule has 94 valence electrons. The Morgan fingerprint density at radius 1 is 1.17 bits per heavy atom. The van der Waals surface area contributed by atoms with Gasteiger partial charge in [-0.1, -0.05) is 0 Å². The molecule has 0 saturated heterocycles. The predicted octanol–water partition coefficient (Wildman–Crippen LogP) is 0.493. The van der Waals surface area contributed by atoms with Crippen LogP contribution in [0.4, 0.5) is 11.4 Å². The van der Waals surface area contributed by atoms with Gasteiger partial charge in [-0.15, -0.1) is 0 Å². The molecule has 1 rings (SSSR count). The second-order valence-electron chi connectivity index (χ2n) is 2.86. The minimum absolute atomic E-state index is 0.560. The number of hydrogen-bond acceptors (Lipinski definition) is 7. The summed E-state index contributed by atoms with van der Waals surface area (Å²) in [4.78, 5) is 40.0. The van der Waals surface area contributed by atoms with E-state index in [9.17, 15) is 29.8 Å². The molecule has 0 fully saturated rings. The van der Waals surface area contributed by atoms with Gasteiger partial charge in [-0.05, 0) is 6.07 Å². The smallest absolute Gasteiger partial charge is 0.422 e. The molecule has 0 unspecified atom stereocenters. The van der Waals surface area contributed by atoms with Crippen LogP contribution < -0.4 is 4.74 Å². The fourth-order valence-electron chi connectivity index (χ4n) is 0.992. The van der Waals surface area contributed by atoms with Crippen molar-refractivity contribution in [1.29, 1.82) is 0 Å². The molecule has 0 amide bonds. The van der Waals surface area contributed by atoms with E-state index < -0.39 is 38.9 Å². The summed E-state index contributed by atoms with van der Waals surface area (Å²) in [5.41, 5.74) is -1.46. The average molecular weight is 256 g/mol. The maximum absolute atomic E-state index is 10.7. The molecule has 0 radical (unpaired) electrons. The number of rotatable bonds is 3. The second kappa shape index (κ2) is 4.86. The van der Waals surface area contributed by atoms with Crippen LogP contribution in [0.15, 0.2) is 18.2 Å². The molecule has 1 aromatic carbocycles. The number of non-ortho nitro benzene ring substituents is 1. The molecule has 1 aromatic rings. The number of benzene rings is 1. The SMILES string of the molecule is O=C(O)C(=O)Oc1ccc([N+](=O)[O-])cc1[N+](=O)[O-]. The molecule has 0 spiro atoms. The number of nitro groups is 2. The fourth-order valence-corrected chi connectivity index (χ4v) is 0.992. The number of ether oxygens (including phenoxy) is 1. The first-order valence-corrected chi connectivity index (χ1v) is 4.21. The molecule has 0 aromatic heterocycles. The maximum atomic E-state index is 10.7. The molecule has 0 aliphatic heterocycles. The first kappa shape index (κ1) is 13.0. The summed E-state index contributed by atoms with van der Waals surface area (Å²) in [5.74, 6) is -4.35. The van der Waals surface area contributed by atoms with Crippen LogP contribution in [0.3, 0.4) is 0 Å². The van der Waals surface area contributed by atoms with Gasteiger partial charge in [0, 0.05) is 6.07 Å². The molecule has 1 N–H and O–H groups in total. The highest BCUT2D eigenvalue weighted by Crippen LogP contribution is 2.30. The van der Waals surface area contributed by atoms with E-state index in [0.717, 1.165) is 12.1 Å². The van der Waals surface area contributed by atoms with Crippen molar-refractivity contribution in [2.45, 2.75) is 0 Å².